The number of aromatic nitrogens is 3. The quantitative estimate of drug-likeness (QED) is 0.864. The number of hydrogen-bond acceptors (Lipinski definition) is 4. The van der Waals surface area contributed by atoms with Crippen LogP contribution in [0.4, 0.5) is 11.9 Å². The first-order valence-electron chi connectivity index (χ1n) is 6.01. The molecular weight excluding hydrogens is 306 g/mol. The topological polar surface area (TPSA) is 37.2 Å². The Balaban J connectivity index is 2.30. The van der Waals surface area contributed by atoms with E-state index in [1.54, 1.807) is 0 Å². The number of hydrogen-bond donors (Lipinski definition) is 0. The van der Waals surface area contributed by atoms with Crippen molar-refractivity contribution in [3.63, 3.8) is 0 Å². The van der Waals surface area contributed by atoms with Crippen LogP contribution in [-0.4, -0.2) is 43.0 Å². The van der Waals surface area contributed by atoms with E-state index in [0.29, 0.717) is 6.54 Å². The number of halogens is 1. The van der Waals surface area contributed by atoms with Gasteiger partial charge in [-0.1, -0.05) is 28.1 Å². The Morgan fingerprint density at radius 1 is 1.05 bits per heavy atom. The van der Waals surface area contributed by atoms with Gasteiger partial charge in [-0.25, -0.2) is 4.68 Å². The molecule has 5 nitrogen and oxygen atoms in total. The summed E-state index contributed by atoms with van der Waals surface area (Å²) in [6, 6.07) is 8.24. The highest BCUT2D eigenvalue weighted by atomic mass is 79.9. The van der Waals surface area contributed by atoms with Crippen molar-refractivity contribution in [2.24, 2.45) is 0 Å². The van der Waals surface area contributed by atoms with Gasteiger partial charge in [-0.05, 0) is 17.7 Å². The standard InChI is InChI=1S/C13H18BrN5/c1-17(2)12-15-13(18(3)4)19(16-12)9-10-5-7-11(14)8-6-10/h5-8H,9H2,1-4H3. The first-order chi connectivity index (χ1) is 8.97. The maximum atomic E-state index is 4.53. The summed E-state index contributed by atoms with van der Waals surface area (Å²) in [7, 11) is 7.83. The molecule has 0 saturated heterocycles. The van der Waals surface area contributed by atoms with Crippen molar-refractivity contribution in [3.05, 3.63) is 34.3 Å². The fraction of sp³-hybridized carbons (Fsp3) is 0.385. The monoisotopic (exact) mass is 323 g/mol. The van der Waals surface area contributed by atoms with Gasteiger partial charge in [0.1, 0.15) is 0 Å². The molecule has 0 N–H and O–H groups in total. The summed E-state index contributed by atoms with van der Waals surface area (Å²) >= 11 is 3.44. The third-order valence-corrected chi connectivity index (χ3v) is 3.22. The highest BCUT2D eigenvalue weighted by molar-refractivity contribution is 9.10. The van der Waals surface area contributed by atoms with Gasteiger partial charge in [0.05, 0.1) is 6.54 Å². The predicted octanol–water partition coefficient (Wildman–Crippen LogP) is 2.22. The molecule has 0 aliphatic heterocycles. The average molecular weight is 324 g/mol. The second-order valence-electron chi connectivity index (χ2n) is 4.78. The lowest BCUT2D eigenvalue weighted by atomic mass is 10.2. The minimum Gasteiger partial charge on any atom is -0.347 e. The normalized spacial score (nSPS) is 10.6. The summed E-state index contributed by atoms with van der Waals surface area (Å²) in [5.74, 6) is 1.58. The molecule has 2 aromatic rings. The fourth-order valence-electron chi connectivity index (χ4n) is 1.71. The van der Waals surface area contributed by atoms with Crippen LogP contribution in [0.2, 0.25) is 0 Å². The van der Waals surface area contributed by atoms with Crippen LogP contribution < -0.4 is 9.80 Å². The molecule has 0 bridgehead atoms. The zero-order valence-electron chi connectivity index (χ0n) is 11.6. The molecule has 0 unspecified atom stereocenters. The first-order valence-corrected chi connectivity index (χ1v) is 6.80. The molecular formula is C13H18BrN5. The molecule has 1 aromatic heterocycles. The van der Waals surface area contributed by atoms with Crippen molar-refractivity contribution in [2.75, 3.05) is 38.0 Å². The smallest absolute Gasteiger partial charge is 0.246 e. The van der Waals surface area contributed by atoms with Crippen molar-refractivity contribution in [1.82, 2.24) is 14.8 Å². The van der Waals surface area contributed by atoms with Gasteiger partial charge < -0.3 is 9.80 Å². The van der Waals surface area contributed by atoms with Gasteiger partial charge in [0, 0.05) is 32.7 Å². The van der Waals surface area contributed by atoms with Crippen LogP contribution in [0, 0.1) is 0 Å². The lowest BCUT2D eigenvalue weighted by Crippen LogP contribution is -2.16. The molecule has 1 aromatic carbocycles. The van der Waals surface area contributed by atoms with Crippen LogP contribution >= 0.6 is 15.9 Å². The van der Waals surface area contributed by atoms with Crippen molar-refractivity contribution < 1.29 is 0 Å². The minimum atomic E-state index is 0.710. The van der Waals surface area contributed by atoms with Gasteiger partial charge in [0.2, 0.25) is 11.9 Å². The molecule has 2 rings (SSSR count). The Kier molecular flexibility index (Phi) is 4.09. The molecule has 0 radical (unpaired) electrons. The maximum Gasteiger partial charge on any atom is 0.246 e. The zero-order chi connectivity index (χ0) is 14.0. The van der Waals surface area contributed by atoms with Gasteiger partial charge in [0.15, 0.2) is 0 Å². The van der Waals surface area contributed by atoms with E-state index in [-0.39, 0.29) is 0 Å². The van der Waals surface area contributed by atoms with E-state index in [1.165, 1.54) is 5.56 Å². The molecule has 0 aliphatic rings. The molecule has 6 heteroatoms. The van der Waals surface area contributed by atoms with Gasteiger partial charge in [-0.3, -0.25) is 0 Å². The second kappa shape index (κ2) is 5.61. The van der Waals surface area contributed by atoms with Crippen LogP contribution in [0.5, 0.6) is 0 Å². The van der Waals surface area contributed by atoms with Gasteiger partial charge in [-0.15, -0.1) is 5.10 Å². The van der Waals surface area contributed by atoms with E-state index in [2.05, 4.69) is 38.1 Å². The van der Waals surface area contributed by atoms with Gasteiger partial charge >= 0.3 is 0 Å². The lowest BCUT2D eigenvalue weighted by molar-refractivity contribution is 0.676. The van der Waals surface area contributed by atoms with Crippen LogP contribution in [0.1, 0.15) is 5.56 Å². The Labute approximate surface area is 122 Å². The highest BCUT2D eigenvalue weighted by Gasteiger charge is 2.13. The third kappa shape index (κ3) is 3.26. The minimum absolute atomic E-state index is 0.710. The van der Waals surface area contributed by atoms with Crippen LogP contribution in [-0.2, 0) is 6.54 Å². The largest absolute Gasteiger partial charge is 0.347 e. The molecule has 0 spiro atoms. The average Bonchev–Trinajstić information content (AvgIpc) is 2.76. The fourth-order valence-corrected chi connectivity index (χ4v) is 1.98. The van der Waals surface area contributed by atoms with Gasteiger partial charge in [-0.2, -0.15) is 4.98 Å². The van der Waals surface area contributed by atoms with Crippen molar-refractivity contribution in [1.29, 1.82) is 0 Å². The summed E-state index contributed by atoms with van der Waals surface area (Å²) in [5.41, 5.74) is 1.20. The molecule has 0 amide bonds. The molecule has 19 heavy (non-hydrogen) atoms. The van der Waals surface area contributed by atoms with Crippen LogP contribution in [0.25, 0.3) is 0 Å². The molecule has 0 aliphatic carbocycles. The van der Waals surface area contributed by atoms with E-state index in [1.807, 2.05) is 54.8 Å². The predicted molar refractivity (Wildman–Crippen MR) is 81.9 cm³/mol. The molecule has 102 valence electrons. The second-order valence-corrected chi connectivity index (χ2v) is 5.70. The molecule has 1 heterocycles. The lowest BCUT2D eigenvalue weighted by Gasteiger charge is -2.12. The van der Waals surface area contributed by atoms with E-state index in [4.69, 9.17) is 0 Å². The Morgan fingerprint density at radius 3 is 2.21 bits per heavy atom. The van der Waals surface area contributed by atoms with E-state index in [0.717, 1.165) is 16.4 Å². The third-order valence-electron chi connectivity index (χ3n) is 2.69. The first kappa shape index (κ1) is 13.9. The molecule has 0 fully saturated rings. The SMILES string of the molecule is CN(C)c1nc(N(C)C)n(Cc2ccc(Br)cc2)n1. The van der Waals surface area contributed by atoms with E-state index >= 15 is 0 Å². The van der Waals surface area contributed by atoms with E-state index in [9.17, 15) is 0 Å². The van der Waals surface area contributed by atoms with Crippen molar-refractivity contribution in [3.8, 4) is 0 Å². The Bertz CT molecular complexity index is 545. The number of anilines is 2. The van der Waals surface area contributed by atoms with Crippen LogP contribution in [0.15, 0.2) is 28.7 Å². The summed E-state index contributed by atoms with van der Waals surface area (Å²) in [6.07, 6.45) is 0. The molecule has 0 atom stereocenters. The number of rotatable bonds is 4. The summed E-state index contributed by atoms with van der Waals surface area (Å²) < 4.78 is 3.00. The van der Waals surface area contributed by atoms with E-state index < -0.39 is 0 Å². The summed E-state index contributed by atoms with van der Waals surface area (Å²) in [4.78, 5) is 8.40. The molecule has 0 saturated carbocycles. The van der Waals surface area contributed by atoms with Crippen molar-refractivity contribution in [2.45, 2.75) is 6.54 Å². The Hall–Kier alpha value is -1.56. The number of nitrogens with zero attached hydrogens (tertiary/aromatic N) is 5. The zero-order valence-corrected chi connectivity index (χ0v) is 13.2. The van der Waals surface area contributed by atoms with Crippen molar-refractivity contribution >= 4 is 27.8 Å². The summed E-state index contributed by atoms with van der Waals surface area (Å²) in [6.45, 7) is 0.710. The van der Waals surface area contributed by atoms with Gasteiger partial charge in [0.25, 0.3) is 0 Å². The highest BCUT2D eigenvalue weighted by Crippen LogP contribution is 2.17. The van der Waals surface area contributed by atoms with Crippen LogP contribution in [0.3, 0.4) is 0 Å². The Morgan fingerprint density at radius 2 is 1.68 bits per heavy atom. The number of benzene rings is 1. The maximum absolute atomic E-state index is 4.53. The summed E-state index contributed by atoms with van der Waals surface area (Å²) in [5, 5.41) is 4.53.